The summed E-state index contributed by atoms with van der Waals surface area (Å²) < 4.78 is 5.69. The minimum atomic E-state index is 0.329. The normalized spacial score (nSPS) is 18.7. The van der Waals surface area contributed by atoms with Crippen molar-refractivity contribution in [2.45, 2.75) is 26.3 Å². The molecular weight excluding hydrogens is 234 g/mol. The fourth-order valence-electron chi connectivity index (χ4n) is 2.40. The van der Waals surface area contributed by atoms with E-state index in [1.807, 2.05) is 0 Å². The lowest BCUT2D eigenvalue weighted by Crippen LogP contribution is -2.13. The van der Waals surface area contributed by atoms with Crippen molar-refractivity contribution < 1.29 is 4.74 Å². The van der Waals surface area contributed by atoms with Gasteiger partial charge in [0.2, 0.25) is 0 Å². The molecule has 0 amide bonds. The first-order valence-electron chi connectivity index (χ1n) is 6.89. The highest BCUT2D eigenvalue weighted by Gasteiger charge is 2.21. The summed E-state index contributed by atoms with van der Waals surface area (Å²) in [6, 6.07) is 15.3. The number of aliphatic imine (C=N–C) groups is 1. The quantitative estimate of drug-likeness (QED) is 0.814. The van der Waals surface area contributed by atoms with E-state index in [2.05, 4.69) is 61.3 Å². The van der Waals surface area contributed by atoms with Crippen molar-refractivity contribution in [1.82, 2.24) is 0 Å². The van der Waals surface area contributed by atoms with E-state index in [0.29, 0.717) is 12.0 Å². The van der Waals surface area contributed by atoms with Crippen LogP contribution in [0, 0.1) is 5.92 Å². The van der Waals surface area contributed by atoms with Crippen molar-refractivity contribution in [2.24, 2.45) is 10.9 Å². The summed E-state index contributed by atoms with van der Waals surface area (Å²) in [5.41, 5.74) is 1.27. The summed E-state index contributed by atoms with van der Waals surface area (Å²) in [5, 5.41) is 2.56. The maximum absolute atomic E-state index is 5.69. The standard InChI is InChI=1S/C17H19NO/c1-12(2)16-11-19-17(18-16)10-13-7-8-14-5-3-4-6-15(14)9-13/h3-9,12,16H,10-11H2,1-2H3/t16-/m0/s1. The van der Waals surface area contributed by atoms with Gasteiger partial charge in [0.1, 0.15) is 6.61 Å². The van der Waals surface area contributed by atoms with Crippen LogP contribution in [0.2, 0.25) is 0 Å². The Hall–Kier alpha value is -1.83. The van der Waals surface area contributed by atoms with E-state index >= 15 is 0 Å². The molecule has 0 bridgehead atoms. The van der Waals surface area contributed by atoms with E-state index in [-0.39, 0.29) is 0 Å². The largest absolute Gasteiger partial charge is 0.478 e. The smallest absolute Gasteiger partial charge is 0.188 e. The van der Waals surface area contributed by atoms with Gasteiger partial charge >= 0.3 is 0 Å². The molecule has 98 valence electrons. The number of benzene rings is 2. The number of hydrogen-bond acceptors (Lipinski definition) is 2. The van der Waals surface area contributed by atoms with Crippen molar-refractivity contribution >= 4 is 16.7 Å². The van der Waals surface area contributed by atoms with E-state index in [9.17, 15) is 0 Å². The Morgan fingerprint density at radius 1 is 1.16 bits per heavy atom. The zero-order valence-electron chi connectivity index (χ0n) is 11.5. The van der Waals surface area contributed by atoms with Crippen LogP contribution in [0.5, 0.6) is 0 Å². The van der Waals surface area contributed by atoms with Gasteiger partial charge in [-0.25, -0.2) is 4.99 Å². The fourth-order valence-corrected chi connectivity index (χ4v) is 2.40. The monoisotopic (exact) mass is 253 g/mol. The summed E-state index contributed by atoms with van der Waals surface area (Å²) in [7, 11) is 0. The van der Waals surface area contributed by atoms with Crippen molar-refractivity contribution in [3.05, 3.63) is 48.0 Å². The third-order valence-electron chi connectivity index (χ3n) is 3.67. The van der Waals surface area contributed by atoms with Crippen molar-refractivity contribution in [3.63, 3.8) is 0 Å². The first-order chi connectivity index (χ1) is 9.22. The third-order valence-corrected chi connectivity index (χ3v) is 3.67. The summed E-state index contributed by atoms with van der Waals surface area (Å²) in [6.07, 6.45) is 0.800. The second kappa shape index (κ2) is 5.04. The Balaban J connectivity index is 1.80. The maximum Gasteiger partial charge on any atom is 0.188 e. The van der Waals surface area contributed by atoms with Crippen LogP contribution in [0.3, 0.4) is 0 Å². The van der Waals surface area contributed by atoms with E-state index in [0.717, 1.165) is 18.9 Å². The predicted molar refractivity (Wildman–Crippen MR) is 79.7 cm³/mol. The van der Waals surface area contributed by atoms with Gasteiger partial charge in [-0.1, -0.05) is 56.3 Å². The lowest BCUT2D eigenvalue weighted by Gasteiger charge is -2.06. The molecule has 1 atom stereocenters. The second-order valence-electron chi connectivity index (χ2n) is 5.50. The van der Waals surface area contributed by atoms with E-state index in [1.165, 1.54) is 16.3 Å². The lowest BCUT2D eigenvalue weighted by atomic mass is 10.1. The molecule has 3 rings (SSSR count). The first kappa shape index (κ1) is 12.2. The van der Waals surface area contributed by atoms with Crippen molar-refractivity contribution in [3.8, 4) is 0 Å². The van der Waals surface area contributed by atoms with Crippen LogP contribution >= 0.6 is 0 Å². The molecule has 0 spiro atoms. The molecule has 2 aromatic rings. The van der Waals surface area contributed by atoms with E-state index in [1.54, 1.807) is 0 Å². The van der Waals surface area contributed by atoms with Crippen molar-refractivity contribution in [2.75, 3.05) is 6.61 Å². The lowest BCUT2D eigenvalue weighted by molar-refractivity contribution is 0.287. The molecule has 1 aliphatic heterocycles. The predicted octanol–water partition coefficient (Wildman–Crippen LogP) is 3.84. The Morgan fingerprint density at radius 3 is 2.68 bits per heavy atom. The van der Waals surface area contributed by atoms with Crippen LogP contribution in [-0.4, -0.2) is 18.5 Å². The van der Waals surface area contributed by atoms with Gasteiger partial charge in [-0.2, -0.15) is 0 Å². The van der Waals surface area contributed by atoms with Crippen LogP contribution in [0.25, 0.3) is 10.8 Å². The number of nitrogens with zero attached hydrogens (tertiary/aromatic N) is 1. The molecule has 2 nitrogen and oxygen atoms in total. The zero-order valence-corrected chi connectivity index (χ0v) is 11.5. The highest BCUT2D eigenvalue weighted by atomic mass is 16.5. The molecule has 0 N–H and O–H groups in total. The molecule has 0 aliphatic carbocycles. The highest BCUT2D eigenvalue weighted by molar-refractivity contribution is 5.85. The molecule has 19 heavy (non-hydrogen) atoms. The SMILES string of the molecule is CC(C)[C@@H]1COC(Cc2ccc3ccccc3c2)=N1. The van der Waals surface area contributed by atoms with Gasteiger partial charge in [0, 0.05) is 6.42 Å². The van der Waals surface area contributed by atoms with Crippen molar-refractivity contribution in [1.29, 1.82) is 0 Å². The molecule has 0 aromatic heterocycles. The van der Waals surface area contributed by atoms with Crippen LogP contribution in [0.1, 0.15) is 19.4 Å². The van der Waals surface area contributed by atoms with Crippen LogP contribution in [-0.2, 0) is 11.2 Å². The Kier molecular flexibility index (Phi) is 3.24. The van der Waals surface area contributed by atoms with E-state index < -0.39 is 0 Å². The minimum Gasteiger partial charge on any atom is -0.478 e. The molecule has 0 radical (unpaired) electrons. The number of fused-ring (bicyclic) bond motifs is 1. The van der Waals surface area contributed by atoms with Crippen LogP contribution in [0.15, 0.2) is 47.5 Å². The van der Waals surface area contributed by atoms with Gasteiger partial charge in [0.25, 0.3) is 0 Å². The Bertz CT molecular complexity index is 615. The molecular formula is C17H19NO. The van der Waals surface area contributed by atoms with Gasteiger partial charge in [-0.15, -0.1) is 0 Å². The summed E-state index contributed by atoms with van der Waals surface area (Å²) >= 11 is 0. The zero-order chi connectivity index (χ0) is 13.2. The number of hydrogen-bond donors (Lipinski definition) is 0. The topological polar surface area (TPSA) is 21.6 Å². The van der Waals surface area contributed by atoms with Gasteiger partial charge in [0.05, 0.1) is 6.04 Å². The Morgan fingerprint density at radius 2 is 1.95 bits per heavy atom. The first-order valence-corrected chi connectivity index (χ1v) is 6.89. The van der Waals surface area contributed by atoms with E-state index in [4.69, 9.17) is 4.74 Å². The summed E-state index contributed by atoms with van der Waals surface area (Å²) in [4.78, 5) is 4.66. The molecule has 1 heterocycles. The number of rotatable bonds is 3. The maximum atomic E-state index is 5.69. The summed E-state index contributed by atoms with van der Waals surface area (Å²) in [6.45, 7) is 5.12. The molecule has 0 unspecified atom stereocenters. The molecule has 2 aromatic carbocycles. The third kappa shape index (κ3) is 2.62. The highest BCUT2D eigenvalue weighted by Crippen LogP contribution is 2.19. The second-order valence-corrected chi connectivity index (χ2v) is 5.50. The molecule has 0 saturated heterocycles. The van der Waals surface area contributed by atoms with Gasteiger partial charge in [-0.05, 0) is 22.3 Å². The van der Waals surface area contributed by atoms with Crippen LogP contribution < -0.4 is 0 Å². The Labute approximate surface area is 114 Å². The van der Waals surface area contributed by atoms with Gasteiger partial charge in [0.15, 0.2) is 5.90 Å². The number of ether oxygens (including phenoxy) is 1. The molecule has 0 fully saturated rings. The molecule has 2 heteroatoms. The average molecular weight is 253 g/mol. The fraction of sp³-hybridized carbons (Fsp3) is 0.353. The molecule has 0 saturated carbocycles. The van der Waals surface area contributed by atoms with Crippen LogP contribution in [0.4, 0.5) is 0 Å². The van der Waals surface area contributed by atoms with Gasteiger partial charge in [-0.3, -0.25) is 0 Å². The van der Waals surface area contributed by atoms with Gasteiger partial charge < -0.3 is 4.74 Å². The minimum absolute atomic E-state index is 0.329. The summed E-state index contributed by atoms with van der Waals surface area (Å²) in [5.74, 6) is 1.43. The molecule has 1 aliphatic rings. The average Bonchev–Trinajstić information content (AvgIpc) is 2.87.